The lowest BCUT2D eigenvalue weighted by atomic mass is 9.80. The number of fused-ring (bicyclic) bond motifs is 1. The molecule has 1 saturated carbocycles. The first kappa shape index (κ1) is 24.8. The maximum atomic E-state index is 13.1. The Hall–Kier alpha value is -2.32. The summed E-state index contributed by atoms with van der Waals surface area (Å²) in [7, 11) is 0. The Morgan fingerprint density at radius 3 is 2.35 bits per heavy atom. The van der Waals surface area contributed by atoms with E-state index < -0.39 is 17.7 Å². The highest BCUT2D eigenvalue weighted by Crippen LogP contribution is 2.43. The highest BCUT2D eigenvalue weighted by molar-refractivity contribution is 5.68. The number of carbonyl (C=O) groups is 1. The third-order valence-electron chi connectivity index (χ3n) is 6.94. The van der Waals surface area contributed by atoms with Crippen LogP contribution in [0, 0.1) is 18.8 Å². The van der Waals surface area contributed by atoms with Gasteiger partial charge in [0.15, 0.2) is 5.65 Å². The molecule has 0 bridgehead atoms. The van der Waals surface area contributed by atoms with Crippen LogP contribution in [0.3, 0.4) is 0 Å². The summed E-state index contributed by atoms with van der Waals surface area (Å²) in [5.74, 6) is -0.840. The van der Waals surface area contributed by atoms with E-state index in [2.05, 4.69) is 11.9 Å². The topological polar surface area (TPSA) is 59.7 Å². The molecule has 188 valence electrons. The van der Waals surface area contributed by atoms with Crippen LogP contribution in [0.1, 0.15) is 88.7 Å². The van der Waals surface area contributed by atoms with Crippen LogP contribution in [0.2, 0.25) is 0 Å². The number of rotatable bonds is 2. The minimum Gasteiger partial charge on any atom is -0.444 e. The van der Waals surface area contributed by atoms with Crippen molar-refractivity contribution in [2.24, 2.45) is 11.8 Å². The van der Waals surface area contributed by atoms with Crippen LogP contribution in [0.5, 0.6) is 0 Å². The summed E-state index contributed by atoms with van der Waals surface area (Å²) in [6, 6.07) is 3.94. The van der Waals surface area contributed by atoms with Gasteiger partial charge in [0, 0.05) is 36.7 Å². The van der Waals surface area contributed by atoms with Gasteiger partial charge in [-0.1, -0.05) is 6.92 Å². The van der Waals surface area contributed by atoms with Crippen LogP contribution in [-0.2, 0) is 4.74 Å². The molecule has 2 aromatic rings. The Kier molecular flexibility index (Phi) is 6.59. The van der Waals surface area contributed by atoms with E-state index in [4.69, 9.17) is 9.84 Å². The molecule has 0 unspecified atom stereocenters. The molecule has 0 N–H and O–H groups in total. The number of amides is 1. The first-order valence-electron chi connectivity index (χ1n) is 12.2. The van der Waals surface area contributed by atoms with Crippen molar-refractivity contribution in [3.05, 3.63) is 29.2 Å². The normalized spacial score (nSPS) is 26.6. The zero-order valence-electron chi connectivity index (χ0n) is 20.7. The second-order valence-corrected chi connectivity index (χ2v) is 11.2. The van der Waals surface area contributed by atoms with E-state index in [0.717, 1.165) is 23.5 Å². The highest BCUT2D eigenvalue weighted by atomic mass is 19.4. The molecule has 2 aliphatic rings. The number of hydrogen-bond donors (Lipinski definition) is 0. The largest absolute Gasteiger partial charge is 0.444 e. The summed E-state index contributed by atoms with van der Waals surface area (Å²) in [6.45, 7) is 10.8. The molecule has 2 fully saturated rings. The summed E-state index contributed by atoms with van der Waals surface area (Å²) in [5, 5.41) is 4.83. The Bertz CT molecular complexity index is 1040. The van der Waals surface area contributed by atoms with E-state index in [1.54, 1.807) is 4.90 Å². The molecule has 1 saturated heterocycles. The quantitative estimate of drug-likeness (QED) is 0.511. The van der Waals surface area contributed by atoms with E-state index >= 15 is 0 Å². The number of hydrogen-bond acceptors (Lipinski definition) is 4. The minimum atomic E-state index is -4.12. The zero-order valence-corrected chi connectivity index (χ0v) is 20.7. The van der Waals surface area contributed by atoms with E-state index in [9.17, 15) is 18.0 Å². The Balaban J connectivity index is 1.58. The molecular formula is C25H35F3N4O2. The van der Waals surface area contributed by atoms with E-state index in [1.807, 2.05) is 44.3 Å². The molecular weight excluding hydrogens is 445 g/mol. The molecule has 0 spiro atoms. The number of halogens is 3. The average molecular weight is 481 g/mol. The second kappa shape index (κ2) is 9.04. The molecule has 2 atom stereocenters. The number of nitrogens with zero attached hydrogens (tertiary/aromatic N) is 4. The predicted octanol–water partition coefficient (Wildman–Crippen LogP) is 6.23. The lowest BCUT2D eigenvalue weighted by molar-refractivity contribution is -0.182. The summed E-state index contributed by atoms with van der Waals surface area (Å²) in [5.41, 5.74) is 2.81. The van der Waals surface area contributed by atoms with E-state index in [-0.39, 0.29) is 30.8 Å². The van der Waals surface area contributed by atoms with Crippen molar-refractivity contribution in [2.75, 3.05) is 13.1 Å². The standard InChI is InChI=1S/C25H35F3N4O2/c1-15-10-18(14-31(13-15)23(33)34-24(3,4)5)21-11-16(2)29-22-12-20(30-32(21)22)17-6-8-19(9-7-17)25(26,27)28/h11-12,15,17-19H,6-10,13-14H2,1-5H3/t15-,17?,18+,19?/m1/s1. The zero-order chi connectivity index (χ0) is 24.8. The average Bonchev–Trinajstić information content (AvgIpc) is 3.15. The van der Waals surface area contributed by atoms with E-state index in [0.29, 0.717) is 37.5 Å². The Morgan fingerprint density at radius 2 is 1.74 bits per heavy atom. The molecule has 34 heavy (non-hydrogen) atoms. The van der Waals surface area contributed by atoms with Crippen LogP contribution >= 0.6 is 0 Å². The fourth-order valence-corrected chi connectivity index (χ4v) is 5.39. The molecule has 0 aromatic carbocycles. The third kappa shape index (κ3) is 5.49. The highest BCUT2D eigenvalue weighted by Gasteiger charge is 2.42. The third-order valence-corrected chi connectivity index (χ3v) is 6.94. The fourth-order valence-electron chi connectivity index (χ4n) is 5.39. The van der Waals surface area contributed by atoms with Crippen molar-refractivity contribution < 1.29 is 22.7 Å². The first-order valence-corrected chi connectivity index (χ1v) is 12.2. The van der Waals surface area contributed by atoms with Gasteiger partial charge >= 0.3 is 12.3 Å². The summed E-state index contributed by atoms with van der Waals surface area (Å²) >= 11 is 0. The predicted molar refractivity (Wildman–Crippen MR) is 123 cm³/mol. The molecule has 9 heteroatoms. The van der Waals surface area contributed by atoms with Crippen molar-refractivity contribution in [2.45, 2.75) is 90.3 Å². The molecule has 2 aromatic heterocycles. The summed E-state index contributed by atoms with van der Waals surface area (Å²) in [6.07, 6.45) is -2.27. The monoisotopic (exact) mass is 480 g/mol. The summed E-state index contributed by atoms with van der Waals surface area (Å²) < 4.78 is 46.7. The lowest BCUT2D eigenvalue weighted by Gasteiger charge is -2.37. The smallest absolute Gasteiger partial charge is 0.410 e. The number of carbonyl (C=O) groups excluding carboxylic acids is 1. The van der Waals surface area contributed by atoms with Gasteiger partial charge in [-0.05, 0) is 71.8 Å². The van der Waals surface area contributed by atoms with Gasteiger partial charge in [-0.3, -0.25) is 0 Å². The van der Waals surface area contributed by atoms with Gasteiger partial charge in [-0.15, -0.1) is 0 Å². The van der Waals surface area contributed by atoms with Crippen molar-refractivity contribution in [3.63, 3.8) is 0 Å². The Morgan fingerprint density at radius 1 is 1.06 bits per heavy atom. The van der Waals surface area contributed by atoms with Crippen molar-refractivity contribution in [3.8, 4) is 0 Å². The molecule has 1 aliphatic carbocycles. The van der Waals surface area contributed by atoms with E-state index in [1.165, 1.54) is 0 Å². The first-order chi connectivity index (χ1) is 15.8. The second-order valence-electron chi connectivity index (χ2n) is 11.2. The van der Waals surface area contributed by atoms with Gasteiger partial charge in [-0.25, -0.2) is 14.3 Å². The fraction of sp³-hybridized carbons (Fsp3) is 0.720. The number of aryl methyl sites for hydroxylation is 1. The van der Waals surface area contributed by atoms with Crippen LogP contribution in [0.4, 0.5) is 18.0 Å². The van der Waals surface area contributed by atoms with Crippen LogP contribution in [0.25, 0.3) is 5.65 Å². The molecule has 1 amide bonds. The minimum absolute atomic E-state index is 0.0111. The molecule has 0 radical (unpaired) electrons. The summed E-state index contributed by atoms with van der Waals surface area (Å²) in [4.78, 5) is 19.2. The van der Waals surface area contributed by atoms with Crippen molar-refractivity contribution >= 4 is 11.7 Å². The van der Waals surface area contributed by atoms with Crippen molar-refractivity contribution in [1.29, 1.82) is 0 Å². The van der Waals surface area contributed by atoms with Gasteiger partial charge in [0.2, 0.25) is 0 Å². The van der Waals surface area contributed by atoms with Gasteiger partial charge < -0.3 is 9.64 Å². The number of likely N-dealkylation sites (tertiary alicyclic amines) is 1. The van der Waals surface area contributed by atoms with Gasteiger partial charge in [0.1, 0.15) is 5.60 Å². The van der Waals surface area contributed by atoms with Crippen LogP contribution in [0.15, 0.2) is 12.1 Å². The number of alkyl halides is 3. The molecule has 6 nitrogen and oxygen atoms in total. The molecule has 3 heterocycles. The molecule has 1 aliphatic heterocycles. The van der Waals surface area contributed by atoms with Gasteiger partial charge in [-0.2, -0.15) is 18.3 Å². The number of piperidine rings is 1. The maximum absolute atomic E-state index is 13.1. The maximum Gasteiger partial charge on any atom is 0.410 e. The number of aromatic nitrogens is 3. The molecule has 4 rings (SSSR count). The van der Waals surface area contributed by atoms with Gasteiger partial charge in [0.05, 0.1) is 17.3 Å². The van der Waals surface area contributed by atoms with Crippen LogP contribution in [-0.4, -0.2) is 50.5 Å². The van der Waals surface area contributed by atoms with Crippen molar-refractivity contribution in [1.82, 2.24) is 19.5 Å². The lowest BCUT2D eigenvalue weighted by Crippen LogP contribution is -2.45. The van der Waals surface area contributed by atoms with Gasteiger partial charge in [0.25, 0.3) is 0 Å². The number of ether oxygens (including phenoxy) is 1. The SMILES string of the molecule is Cc1cc([C@H]2C[C@@H](C)CN(C(=O)OC(C)(C)C)C2)n2nc(C3CCC(C(F)(F)F)CC3)cc2n1. The Labute approximate surface area is 198 Å². The van der Waals surface area contributed by atoms with Crippen LogP contribution < -0.4 is 0 Å².